The second-order valence-corrected chi connectivity index (χ2v) is 7.48. The minimum atomic E-state index is -1.04. The van der Waals surface area contributed by atoms with E-state index in [1.807, 2.05) is 35.2 Å². The third kappa shape index (κ3) is 4.10. The zero-order valence-corrected chi connectivity index (χ0v) is 17.7. The standard InChI is InChI=1S/C23H19N4O3.Mn/c28-21-10-20(22(21)29)27-8-7-15-6-5-14(9-16(15)13-27)11-25-23(30)19-12-24-17-3-1-2-4-18(17)26-19;/h1-6,9,12,22,29H,7-8,11,13H2,(H,25,30);/q-1;. The number of hydrogen-bond acceptors (Lipinski definition) is 6. The second kappa shape index (κ2) is 8.59. The van der Waals surface area contributed by atoms with E-state index in [-0.39, 0.29) is 34.5 Å². The predicted octanol–water partition coefficient (Wildman–Crippen LogP) is 1.55. The van der Waals surface area contributed by atoms with Crippen molar-refractivity contribution in [1.82, 2.24) is 20.2 Å². The number of aliphatic hydroxyl groups excluding tert-OH is 1. The van der Waals surface area contributed by atoms with Crippen molar-refractivity contribution < 1.29 is 31.8 Å². The summed E-state index contributed by atoms with van der Waals surface area (Å²) >= 11 is 0. The number of carbonyl (C=O) groups excluding carboxylic acids is 2. The van der Waals surface area contributed by atoms with E-state index in [9.17, 15) is 14.7 Å². The maximum absolute atomic E-state index is 12.5. The molecule has 1 aliphatic carbocycles. The van der Waals surface area contributed by atoms with E-state index in [1.165, 1.54) is 11.8 Å². The van der Waals surface area contributed by atoms with Crippen molar-refractivity contribution in [1.29, 1.82) is 0 Å². The van der Waals surface area contributed by atoms with Crippen LogP contribution in [-0.2, 0) is 41.4 Å². The van der Waals surface area contributed by atoms with Crippen LogP contribution in [0.5, 0.6) is 0 Å². The van der Waals surface area contributed by atoms with Crippen molar-refractivity contribution in [2.24, 2.45) is 0 Å². The van der Waals surface area contributed by atoms with Gasteiger partial charge in [-0.25, -0.2) is 4.98 Å². The molecular formula is C23H19MnN4O3-. The Morgan fingerprint density at radius 2 is 2.00 bits per heavy atom. The first kappa shape index (κ1) is 21.2. The van der Waals surface area contributed by atoms with Crippen LogP contribution in [0.25, 0.3) is 11.0 Å². The number of amides is 1. The molecule has 0 spiro atoms. The quantitative estimate of drug-likeness (QED) is 0.459. The molecule has 2 heterocycles. The molecule has 1 atom stereocenters. The van der Waals surface area contributed by atoms with E-state index in [0.717, 1.165) is 29.6 Å². The van der Waals surface area contributed by atoms with Crippen molar-refractivity contribution in [3.8, 4) is 0 Å². The fourth-order valence-electron chi connectivity index (χ4n) is 3.83. The Hall–Kier alpha value is -3.06. The number of aliphatic hydroxyl groups is 1. The number of fused-ring (bicyclic) bond motifs is 2. The van der Waals surface area contributed by atoms with Gasteiger partial charge in [0.05, 0.1) is 23.3 Å². The van der Waals surface area contributed by atoms with E-state index < -0.39 is 6.10 Å². The Balaban J connectivity index is 0.00000231. The summed E-state index contributed by atoms with van der Waals surface area (Å²) < 4.78 is 0. The molecule has 2 aromatic carbocycles. The fraction of sp³-hybridized carbons (Fsp3) is 0.217. The Kier molecular flexibility index (Phi) is 5.87. The zero-order chi connectivity index (χ0) is 20.7. The van der Waals surface area contributed by atoms with Gasteiger partial charge in [-0.2, -0.15) is 0 Å². The molecule has 157 valence electrons. The first-order valence-electron chi connectivity index (χ1n) is 9.80. The third-order valence-corrected chi connectivity index (χ3v) is 5.52. The van der Waals surface area contributed by atoms with E-state index in [0.29, 0.717) is 24.3 Å². The fourth-order valence-corrected chi connectivity index (χ4v) is 3.83. The molecule has 1 amide bonds. The smallest absolute Gasteiger partial charge is 0.271 e. The largest absolute Gasteiger partial charge is 0.401 e. The first-order valence-corrected chi connectivity index (χ1v) is 9.80. The van der Waals surface area contributed by atoms with E-state index >= 15 is 0 Å². The molecule has 1 unspecified atom stereocenters. The van der Waals surface area contributed by atoms with Crippen LogP contribution in [0.1, 0.15) is 27.2 Å². The average Bonchev–Trinajstić information content (AvgIpc) is 2.79. The number of carbonyl (C=O) groups is 2. The summed E-state index contributed by atoms with van der Waals surface area (Å²) in [6.45, 7) is 1.73. The average molecular weight is 454 g/mol. The van der Waals surface area contributed by atoms with Gasteiger partial charge in [0.2, 0.25) is 0 Å². The molecular weight excluding hydrogens is 435 g/mol. The molecule has 5 rings (SSSR count). The molecule has 1 aromatic heterocycles. The van der Waals surface area contributed by atoms with Gasteiger partial charge in [0.25, 0.3) is 5.91 Å². The van der Waals surface area contributed by atoms with E-state index in [4.69, 9.17) is 0 Å². The van der Waals surface area contributed by atoms with Crippen LogP contribution in [0.15, 0.2) is 54.4 Å². The van der Waals surface area contributed by atoms with Crippen LogP contribution in [0.2, 0.25) is 0 Å². The Labute approximate surface area is 189 Å². The number of nitrogens with one attached hydrogen (secondary N) is 1. The molecule has 3 aromatic rings. The summed E-state index contributed by atoms with van der Waals surface area (Å²) in [6.07, 6.45) is 3.94. The number of aromatic nitrogens is 2. The molecule has 1 radical (unpaired) electrons. The van der Waals surface area contributed by atoms with E-state index in [2.05, 4.69) is 33.5 Å². The monoisotopic (exact) mass is 454 g/mol. The van der Waals surface area contributed by atoms with Crippen molar-refractivity contribution in [3.63, 3.8) is 0 Å². The molecule has 0 saturated carbocycles. The number of hydrogen-bond donors (Lipinski definition) is 2. The van der Waals surface area contributed by atoms with Crippen LogP contribution >= 0.6 is 0 Å². The van der Waals surface area contributed by atoms with Gasteiger partial charge in [-0.15, -0.1) is 5.70 Å². The minimum absolute atomic E-state index is 0. The number of para-hydroxylation sites is 2. The number of ketones is 1. The van der Waals surface area contributed by atoms with Gasteiger partial charge >= 0.3 is 0 Å². The molecule has 2 aliphatic rings. The van der Waals surface area contributed by atoms with Gasteiger partial charge in [0.1, 0.15) is 5.69 Å². The Morgan fingerprint density at radius 1 is 1.19 bits per heavy atom. The second-order valence-electron chi connectivity index (χ2n) is 7.48. The molecule has 0 bridgehead atoms. The Morgan fingerprint density at radius 3 is 2.77 bits per heavy atom. The maximum atomic E-state index is 12.5. The van der Waals surface area contributed by atoms with Gasteiger partial charge in [0, 0.05) is 42.5 Å². The van der Waals surface area contributed by atoms with Crippen LogP contribution in [0.3, 0.4) is 0 Å². The minimum Gasteiger partial charge on any atom is -0.401 e. The third-order valence-electron chi connectivity index (χ3n) is 5.52. The molecule has 7 nitrogen and oxygen atoms in total. The van der Waals surface area contributed by atoms with Gasteiger partial charge in [-0.3, -0.25) is 9.78 Å². The number of rotatable bonds is 4. The van der Waals surface area contributed by atoms with Gasteiger partial charge < -0.3 is 26.2 Å². The summed E-state index contributed by atoms with van der Waals surface area (Å²) in [7, 11) is 0. The van der Waals surface area contributed by atoms with Gasteiger partial charge in [-0.05, 0) is 35.2 Å². The molecule has 0 fully saturated rings. The predicted molar refractivity (Wildman–Crippen MR) is 109 cm³/mol. The number of Topliss-reactive ketones (excluding diaryl/α,β-unsaturated/α-hetero) is 1. The normalized spacial score (nSPS) is 17.3. The van der Waals surface area contributed by atoms with Crippen molar-refractivity contribution in [2.45, 2.75) is 25.6 Å². The van der Waals surface area contributed by atoms with Crippen LogP contribution in [0.4, 0.5) is 0 Å². The molecule has 1 aliphatic heterocycles. The topological polar surface area (TPSA) is 95.4 Å². The number of nitrogens with zero attached hydrogens (tertiary/aromatic N) is 3. The van der Waals surface area contributed by atoms with Gasteiger partial charge in [-0.1, -0.05) is 30.3 Å². The van der Waals surface area contributed by atoms with Crippen LogP contribution in [-0.4, -0.2) is 44.3 Å². The van der Waals surface area contributed by atoms with Crippen molar-refractivity contribution >= 4 is 22.7 Å². The maximum Gasteiger partial charge on any atom is 0.271 e. The summed E-state index contributed by atoms with van der Waals surface area (Å²) in [5, 5.41) is 12.7. The molecule has 2 N–H and O–H groups in total. The summed E-state index contributed by atoms with van der Waals surface area (Å²) in [4.78, 5) is 34.4. The SMILES string of the molecule is O=C(NCc1ccc2c(c1)CN(C1=[C-]C(=O)C1O)CC2)c1cnc2ccccc2n1.[Mn]. The molecule has 31 heavy (non-hydrogen) atoms. The van der Waals surface area contributed by atoms with E-state index in [1.54, 1.807) is 0 Å². The Bertz CT molecular complexity index is 1210. The number of benzene rings is 2. The first-order chi connectivity index (χ1) is 14.6. The van der Waals surface area contributed by atoms with Crippen LogP contribution < -0.4 is 5.32 Å². The summed E-state index contributed by atoms with van der Waals surface area (Å²) in [6, 6.07) is 13.6. The molecule has 8 heteroatoms. The molecule has 0 saturated heterocycles. The zero-order valence-electron chi connectivity index (χ0n) is 16.5. The van der Waals surface area contributed by atoms with Crippen LogP contribution in [0, 0.1) is 6.08 Å². The van der Waals surface area contributed by atoms with Crippen molar-refractivity contribution in [2.75, 3.05) is 6.54 Å². The van der Waals surface area contributed by atoms with Gasteiger partial charge in [0.15, 0.2) is 0 Å². The summed E-state index contributed by atoms with van der Waals surface area (Å²) in [5.74, 6) is -0.632. The summed E-state index contributed by atoms with van der Waals surface area (Å²) in [5.41, 5.74) is 5.62. The van der Waals surface area contributed by atoms with Crippen molar-refractivity contribution in [3.05, 3.63) is 82.8 Å².